The fourth-order valence-electron chi connectivity index (χ4n) is 4.15. The van der Waals surface area contributed by atoms with Gasteiger partial charge in [-0.05, 0) is 43.4 Å². The number of H-pyrrole nitrogens is 1. The Hall–Kier alpha value is -2.99. The summed E-state index contributed by atoms with van der Waals surface area (Å²) in [6.45, 7) is 3.48. The van der Waals surface area contributed by atoms with Crippen molar-refractivity contribution in [1.82, 2.24) is 19.9 Å². The molecule has 1 aromatic carbocycles. The first-order chi connectivity index (χ1) is 14.2. The quantitative estimate of drug-likeness (QED) is 0.524. The predicted octanol–water partition coefficient (Wildman–Crippen LogP) is 5.01. The first-order valence-electron chi connectivity index (χ1n) is 9.95. The van der Waals surface area contributed by atoms with E-state index in [9.17, 15) is 4.79 Å². The van der Waals surface area contributed by atoms with Gasteiger partial charge in [0.15, 0.2) is 0 Å². The molecule has 4 aromatic rings. The van der Waals surface area contributed by atoms with Crippen LogP contribution in [0, 0.1) is 6.92 Å². The van der Waals surface area contributed by atoms with Crippen molar-refractivity contribution < 1.29 is 4.79 Å². The van der Waals surface area contributed by atoms with Gasteiger partial charge in [0.05, 0.1) is 5.69 Å². The van der Waals surface area contributed by atoms with Crippen LogP contribution in [-0.4, -0.2) is 38.8 Å². The van der Waals surface area contributed by atoms with E-state index in [0.29, 0.717) is 5.92 Å². The zero-order chi connectivity index (χ0) is 19.8. The molecule has 5 rings (SSSR count). The van der Waals surface area contributed by atoms with E-state index >= 15 is 0 Å². The number of hydrogen-bond acceptors (Lipinski definition) is 4. The number of piperidine rings is 1. The highest BCUT2D eigenvalue weighted by atomic mass is 32.1. The SMILES string of the molecule is Cc1nc(-c2ccccc2)sc1C(=O)N1CCC(c2c[nH]c3ncccc23)CC1. The van der Waals surface area contributed by atoms with Crippen LogP contribution in [0.4, 0.5) is 0 Å². The molecule has 146 valence electrons. The first kappa shape index (κ1) is 18.1. The molecule has 0 bridgehead atoms. The van der Waals surface area contributed by atoms with E-state index in [-0.39, 0.29) is 5.91 Å². The Bertz CT molecular complexity index is 1160. The van der Waals surface area contributed by atoms with E-state index in [1.807, 2.05) is 54.4 Å². The van der Waals surface area contributed by atoms with Gasteiger partial charge in [-0.3, -0.25) is 4.79 Å². The fraction of sp³-hybridized carbons (Fsp3) is 0.261. The van der Waals surface area contributed by atoms with Crippen LogP contribution in [0.5, 0.6) is 0 Å². The van der Waals surface area contributed by atoms with Crippen LogP contribution in [0.15, 0.2) is 54.9 Å². The van der Waals surface area contributed by atoms with Crippen molar-refractivity contribution in [3.8, 4) is 10.6 Å². The summed E-state index contributed by atoms with van der Waals surface area (Å²) in [6.07, 6.45) is 5.83. The molecule has 1 fully saturated rings. The number of carbonyl (C=O) groups is 1. The molecule has 0 saturated carbocycles. The van der Waals surface area contributed by atoms with Gasteiger partial charge < -0.3 is 9.88 Å². The maximum Gasteiger partial charge on any atom is 0.265 e. The largest absolute Gasteiger partial charge is 0.346 e. The number of fused-ring (bicyclic) bond motifs is 1. The van der Waals surface area contributed by atoms with Gasteiger partial charge >= 0.3 is 0 Å². The van der Waals surface area contributed by atoms with Crippen molar-refractivity contribution in [3.05, 3.63) is 71.0 Å². The van der Waals surface area contributed by atoms with E-state index in [1.165, 1.54) is 22.3 Å². The number of benzene rings is 1. The predicted molar refractivity (Wildman–Crippen MR) is 116 cm³/mol. The highest BCUT2D eigenvalue weighted by Gasteiger charge is 2.28. The molecule has 3 aromatic heterocycles. The lowest BCUT2D eigenvalue weighted by Gasteiger charge is -2.31. The Labute approximate surface area is 173 Å². The van der Waals surface area contributed by atoms with Gasteiger partial charge in [-0.1, -0.05) is 30.3 Å². The van der Waals surface area contributed by atoms with Crippen molar-refractivity contribution in [2.75, 3.05) is 13.1 Å². The van der Waals surface area contributed by atoms with Crippen LogP contribution in [0.25, 0.3) is 21.6 Å². The number of hydrogen-bond donors (Lipinski definition) is 1. The fourth-order valence-corrected chi connectivity index (χ4v) is 5.19. The lowest BCUT2D eigenvalue weighted by Crippen LogP contribution is -2.37. The lowest BCUT2D eigenvalue weighted by atomic mass is 9.89. The van der Waals surface area contributed by atoms with E-state index in [1.54, 1.807) is 0 Å². The number of aryl methyl sites for hydroxylation is 1. The summed E-state index contributed by atoms with van der Waals surface area (Å²) >= 11 is 1.50. The van der Waals surface area contributed by atoms with Crippen molar-refractivity contribution in [3.63, 3.8) is 0 Å². The average Bonchev–Trinajstić information content (AvgIpc) is 3.38. The number of carbonyl (C=O) groups excluding carboxylic acids is 1. The summed E-state index contributed by atoms with van der Waals surface area (Å²) in [6, 6.07) is 14.2. The number of aromatic nitrogens is 3. The van der Waals surface area contributed by atoms with Crippen LogP contribution in [0.2, 0.25) is 0 Å². The van der Waals surface area contributed by atoms with E-state index < -0.39 is 0 Å². The summed E-state index contributed by atoms with van der Waals surface area (Å²) in [4.78, 5) is 28.2. The number of nitrogens with one attached hydrogen (secondary N) is 1. The van der Waals surface area contributed by atoms with Crippen LogP contribution >= 0.6 is 11.3 Å². The van der Waals surface area contributed by atoms with Crippen molar-refractivity contribution >= 4 is 28.3 Å². The second kappa shape index (κ2) is 7.44. The summed E-state index contributed by atoms with van der Waals surface area (Å²) in [5.74, 6) is 0.570. The van der Waals surface area contributed by atoms with Crippen molar-refractivity contribution in [2.24, 2.45) is 0 Å². The minimum atomic E-state index is 0.112. The van der Waals surface area contributed by atoms with Crippen LogP contribution in [-0.2, 0) is 0 Å². The van der Waals surface area contributed by atoms with Gasteiger partial charge in [-0.15, -0.1) is 11.3 Å². The molecule has 29 heavy (non-hydrogen) atoms. The van der Waals surface area contributed by atoms with E-state index in [4.69, 9.17) is 0 Å². The summed E-state index contributed by atoms with van der Waals surface area (Å²) < 4.78 is 0. The van der Waals surface area contributed by atoms with Crippen molar-refractivity contribution in [1.29, 1.82) is 0 Å². The molecule has 6 heteroatoms. The van der Waals surface area contributed by atoms with E-state index in [2.05, 4.69) is 27.2 Å². The number of nitrogens with zero attached hydrogens (tertiary/aromatic N) is 3. The second-order valence-electron chi connectivity index (χ2n) is 7.51. The Morgan fingerprint density at radius 3 is 2.72 bits per heavy atom. The standard InChI is InChI=1S/C23H22N4OS/c1-15-20(29-22(26-15)17-6-3-2-4-7-17)23(28)27-12-9-16(10-13-27)19-14-25-21-18(19)8-5-11-24-21/h2-8,11,14,16H,9-10,12-13H2,1H3,(H,24,25). The maximum atomic E-state index is 13.2. The molecule has 0 atom stereocenters. The molecule has 1 amide bonds. The second-order valence-corrected chi connectivity index (χ2v) is 8.51. The van der Waals surface area contributed by atoms with Gasteiger partial charge in [0.2, 0.25) is 0 Å². The number of pyridine rings is 1. The lowest BCUT2D eigenvalue weighted by molar-refractivity contribution is 0.0717. The molecule has 1 aliphatic rings. The Morgan fingerprint density at radius 1 is 1.14 bits per heavy atom. The zero-order valence-electron chi connectivity index (χ0n) is 16.3. The third-order valence-electron chi connectivity index (χ3n) is 5.72. The van der Waals surface area contributed by atoms with Gasteiger partial charge in [-0.2, -0.15) is 0 Å². The Morgan fingerprint density at radius 2 is 1.93 bits per heavy atom. The summed E-state index contributed by atoms with van der Waals surface area (Å²) in [5, 5.41) is 2.11. The number of amides is 1. The first-order valence-corrected chi connectivity index (χ1v) is 10.8. The topological polar surface area (TPSA) is 61.9 Å². The number of rotatable bonds is 3. The molecule has 1 saturated heterocycles. The molecular formula is C23H22N4OS. The molecule has 1 aliphatic heterocycles. The highest BCUT2D eigenvalue weighted by molar-refractivity contribution is 7.17. The normalized spacial score (nSPS) is 15.1. The van der Waals surface area contributed by atoms with Gasteiger partial charge in [-0.25, -0.2) is 9.97 Å². The molecule has 0 radical (unpaired) electrons. The van der Waals surface area contributed by atoms with Crippen molar-refractivity contribution in [2.45, 2.75) is 25.7 Å². The van der Waals surface area contributed by atoms with Crippen LogP contribution in [0.1, 0.15) is 39.7 Å². The Balaban J connectivity index is 1.31. The molecule has 0 aliphatic carbocycles. The molecule has 0 unspecified atom stereocenters. The molecular weight excluding hydrogens is 380 g/mol. The molecule has 4 heterocycles. The monoisotopic (exact) mass is 402 g/mol. The maximum absolute atomic E-state index is 13.2. The minimum absolute atomic E-state index is 0.112. The molecule has 5 nitrogen and oxygen atoms in total. The van der Waals surface area contributed by atoms with Crippen LogP contribution in [0.3, 0.4) is 0 Å². The van der Waals surface area contributed by atoms with Gasteiger partial charge in [0.25, 0.3) is 5.91 Å². The minimum Gasteiger partial charge on any atom is -0.346 e. The number of aromatic amines is 1. The highest BCUT2D eigenvalue weighted by Crippen LogP contribution is 2.34. The number of thiazole rings is 1. The molecule has 0 spiro atoms. The summed E-state index contributed by atoms with van der Waals surface area (Å²) in [5.41, 5.74) is 4.14. The Kier molecular flexibility index (Phi) is 4.64. The zero-order valence-corrected chi connectivity index (χ0v) is 17.1. The third-order valence-corrected chi connectivity index (χ3v) is 6.91. The van der Waals surface area contributed by atoms with E-state index in [0.717, 1.165) is 52.7 Å². The van der Waals surface area contributed by atoms with Gasteiger partial charge in [0.1, 0.15) is 15.5 Å². The van der Waals surface area contributed by atoms with Gasteiger partial charge in [0, 0.05) is 36.4 Å². The third kappa shape index (κ3) is 3.34. The molecule has 1 N–H and O–H groups in total. The van der Waals surface area contributed by atoms with Crippen LogP contribution < -0.4 is 0 Å². The summed E-state index contributed by atoms with van der Waals surface area (Å²) in [7, 11) is 0. The number of likely N-dealkylation sites (tertiary alicyclic amines) is 1. The smallest absolute Gasteiger partial charge is 0.265 e. The average molecular weight is 403 g/mol.